The fourth-order valence-electron chi connectivity index (χ4n) is 1.43. The van der Waals surface area contributed by atoms with Gasteiger partial charge in [0.15, 0.2) is 6.23 Å². The van der Waals surface area contributed by atoms with Crippen molar-refractivity contribution < 1.29 is 32.2 Å². The van der Waals surface area contributed by atoms with E-state index >= 15 is 0 Å². The maximum Gasteiger partial charge on any atom is 0.490 e. The first-order valence-corrected chi connectivity index (χ1v) is 7.61. The molecule has 0 fully saturated rings. The smallest absolute Gasteiger partial charge is 0.437 e. The fraction of sp³-hybridized carbons (Fsp3) is 0.923. The normalized spacial score (nSPS) is 13.1. The van der Waals surface area contributed by atoms with Gasteiger partial charge < -0.3 is 14.2 Å². The first-order valence-electron chi connectivity index (χ1n) is 7.08. The maximum atomic E-state index is 12.0. The number of rotatable bonds is 13. The molecule has 0 aliphatic carbocycles. The summed E-state index contributed by atoms with van der Waals surface area (Å²) in [5.74, 6) is -1.58. The second-order valence-corrected chi connectivity index (χ2v) is 4.85. The summed E-state index contributed by atoms with van der Waals surface area (Å²) >= 11 is 5.55. The third-order valence-corrected chi connectivity index (χ3v) is 2.88. The molecule has 132 valence electrons. The number of carbonyl (C=O) groups excluding carboxylic acids is 1. The lowest BCUT2D eigenvalue weighted by molar-refractivity contribution is -0.208. The molecular weight excluding hydrogens is 327 g/mol. The van der Waals surface area contributed by atoms with Crippen LogP contribution in [-0.4, -0.2) is 57.7 Å². The lowest BCUT2D eigenvalue weighted by Gasteiger charge is -2.18. The quantitative estimate of drug-likeness (QED) is 0.239. The van der Waals surface area contributed by atoms with Crippen LogP contribution in [0.25, 0.3) is 0 Å². The summed E-state index contributed by atoms with van der Waals surface area (Å²) in [4.78, 5) is 10.6. The number of nitrogens with one attached hydrogen (secondary N) is 1. The first kappa shape index (κ1) is 21.4. The highest BCUT2D eigenvalue weighted by Gasteiger charge is 2.42. The molecule has 0 saturated carbocycles. The van der Waals surface area contributed by atoms with Gasteiger partial charge in [-0.1, -0.05) is 12.8 Å². The van der Waals surface area contributed by atoms with Crippen LogP contribution in [0.5, 0.6) is 0 Å². The Morgan fingerprint density at radius 1 is 1.09 bits per heavy atom. The molecule has 0 amide bonds. The van der Waals surface area contributed by atoms with E-state index in [9.17, 15) is 18.0 Å². The lowest BCUT2D eigenvalue weighted by atomic mass is 10.2. The standard InChI is InChI=1S/C13H23ClF3NO4/c1-18-11(22-12(19)13(15,16)17)10-21-9-8-20-7-5-3-2-4-6-14/h11,18H,2-10H2,1H3. The molecule has 0 spiro atoms. The van der Waals surface area contributed by atoms with Gasteiger partial charge in [0, 0.05) is 12.5 Å². The zero-order valence-electron chi connectivity index (χ0n) is 12.6. The second kappa shape index (κ2) is 12.9. The average Bonchev–Trinajstić information content (AvgIpc) is 2.46. The van der Waals surface area contributed by atoms with E-state index in [1.54, 1.807) is 0 Å². The molecule has 0 aliphatic heterocycles. The predicted octanol–water partition coefficient (Wildman–Crippen LogP) is 2.47. The highest BCUT2D eigenvalue weighted by atomic mass is 35.5. The number of esters is 1. The van der Waals surface area contributed by atoms with Crippen molar-refractivity contribution in [3.8, 4) is 0 Å². The van der Waals surface area contributed by atoms with Crippen molar-refractivity contribution in [2.24, 2.45) is 0 Å². The molecule has 1 atom stereocenters. The number of hydrogen-bond donors (Lipinski definition) is 1. The highest BCUT2D eigenvalue weighted by Crippen LogP contribution is 2.17. The first-order chi connectivity index (χ1) is 10.4. The average molecular weight is 350 g/mol. The SMILES string of the molecule is CNC(COCCOCCCCCCCl)OC(=O)C(F)(F)F. The van der Waals surface area contributed by atoms with E-state index in [0.717, 1.165) is 25.7 Å². The van der Waals surface area contributed by atoms with Gasteiger partial charge in [-0.25, -0.2) is 4.79 Å². The Kier molecular flexibility index (Phi) is 12.6. The Labute approximate surface area is 133 Å². The van der Waals surface area contributed by atoms with Crippen molar-refractivity contribution in [1.82, 2.24) is 5.32 Å². The number of hydrogen-bond acceptors (Lipinski definition) is 5. The summed E-state index contributed by atoms with van der Waals surface area (Å²) in [7, 11) is 1.37. The van der Waals surface area contributed by atoms with E-state index in [4.69, 9.17) is 21.1 Å². The number of unbranched alkanes of at least 4 members (excludes halogenated alkanes) is 3. The molecule has 1 unspecified atom stereocenters. The molecule has 1 N–H and O–H groups in total. The van der Waals surface area contributed by atoms with Crippen molar-refractivity contribution >= 4 is 17.6 Å². The van der Waals surface area contributed by atoms with E-state index in [-0.39, 0.29) is 13.2 Å². The predicted molar refractivity (Wildman–Crippen MR) is 75.8 cm³/mol. The second-order valence-electron chi connectivity index (χ2n) is 4.47. The molecule has 9 heteroatoms. The molecule has 5 nitrogen and oxygen atoms in total. The summed E-state index contributed by atoms with van der Waals surface area (Å²) in [6, 6.07) is 0. The van der Waals surface area contributed by atoms with Gasteiger partial charge in [0.25, 0.3) is 0 Å². The summed E-state index contributed by atoms with van der Waals surface area (Å²) < 4.78 is 50.6. The molecule has 0 bridgehead atoms. The molecular formula is C13H23ClF3NO4. The van der Waals surface area contributed by atoms with Crippen LogP contribution in [0.1, 0.15) is 25.7 Å². The van der Waals surface area contributed by atoms with Crippen LogP contribution >= 0.6 is 11.6 Å². The largest absolute Gasteiger partial charge is 0.490 e. The Morgan fingerprint density at radius 3 is 2.32 bits per heavy atom. The topological polar surface area (TPSA) is 56.8 Å². The minimum Gasteiger partial charge on any atom is -0.437 e. The number of carbonyl (C=O) groups is 1. The number of alkyl halides is 4. The zero-order chi connectivity index (χ0) is 16.8. The van der Waals surface area contributed by atoms with Gasteiger partial charge in [-0.15, -0.1) is 11.6 Å². The summed E-state index contributed by atoms with van der Waals surface area (Å²) in [5, 5.41) is 2.42. The van der Waals surface area contributed by atoms with E-state index in [1.165, 1.54) is 7.05 Å². The summed E-state index contributed by atoms with van der Waals surface area (Å²) in [6.45, 7) is 0.962. The van der Waals surface area contributed by atoms with Crippen molar-refractivity contribution in [2.75, 3.05) is 39.4 Å². The number of ether oxygens (including phenoxy) is 3. The number of halogens is 4. The summed E-state index contributed by atoms with van der Waals surface area (Å²) in [5.41, 5.74) is 0. The Morgan fingerprint density at radius 2 is 1.73 bits per heavy atom. The molecule has 0 aliphatic rings. The van der Waals surface area contributed by atoms with Crippen LogP contribution in [0.2, 0.25) is 0 Å². The van der Waals surface area contributed by atoms with Gasteiger partial charge in [-0.3, -0.25) is 5.32 Å². The monoisotopic (exact) mass is 349 g/mol. The lowest BCUT2D eigenvalue weighted by Crippen LogP contribution is -2.39. The van der Waals surface area contributed by atoms with Crippen molar-refractivity contribution in [1.29, 1.82) is 0 Å². The van der Waals surface area contributed by atoms with E-state index in [1.807, 2.05) is 0 Å². The third kappa shape index (κ3) is 12.0. The van der Waals surface area contributed by atoms with Crippen LogP contribution in [0.15, 0.2) is 0 Å². The third-order valence-electron chi connectivity index (χ3n) is 2.62. The molecule has 0 aromatic heterocycles. The van der Waals surface area contributed by atoms with Crippen molar-refractivity contribution in [3.05, 3.63) is 0 Å². The van der Waals surface area contributed by atoms with Gasteiger partial charge in [0.1, 0.15) is 0 Å². The van der Waals surface area contributed by atoms with Crippen molar-refractivity contribution in [2.45, 2.75) is 38.1 Å². The minimum atomic E-state index is -5.01. The Bertz CT molecular complexity index is 293. The molecule has 22 heavy (non-hydrogen) atoms. The fourth-order valence-corrected chi connectivity index (χ4v) is 1.62. The Balaban J connectivity index is 3.53. The minimum absolute atomic E-state index is 0.183. The Hall–Kier alpha value is -0.570. The summed E-state index contributed by atoms with van der Waals surface area (Å²) in [6.07, 6.45) is -2.13. The maximum absolute atomic E-state index is 12.0. The van der Waals surface area contributed by atoms with Gasteiger partial charge >= 0.3 is 12.1 Å². The molecule has 0 saturated heterocycles. The van der Waals surface area contributed by atoms with Gasteiger partial charge in [-0.2, -0.15) is 13.2 Å². The van der Waals surface area contributed by atoms with E-state index in [0.29, 0.717) is 19.1 Å². The van der Waals surface area contributed by atoms with Crippen LogP contribution < -0.4 is 5.32 Å². The van der Waals surface area contributed by atoms with E-state index in [2.05, 4.69) is 10.1 Å². The zero-order valence-corrected chi connectivity index (χ0v) is 13.3. The van der Waals surface area contributed by atoms with Crippen LogP contribution in [0.4, 0.5) is 13.2 Å². The number of likely N-dealkylation sites (N-methyl/N-ethyl adjacent to an activating group) is 1. The van der Waals surface area contributed by atoms with Crippen LogP contribution in [0.3, 0.4) is 0 Å². The molecule has 0 rings (SSSR count). The van der Waals surface area contributed by atoms with Gasteiger partial charge in [-0.05, 0) is 19.9 Å². The molecule has 0 aromatic carbocycles. The van der Waals surface area contributed by atoms with Crippen LogP contribution in [0, 0.1) is 0 Å². The molecule has 0 radical (unpaired) electrons. The molecule has 0 aromatic rings. The molecule has 0 heterocycles. The van der Waals surface area contributed by atoms with Crippen LogP contribution in [-0.2, 0) is 19.0 Å². The van der Waals surface area contributed by atoms with Crippen molar-refractivity contribution in [3.63, 3.8) is 0 Å². The highest BCUT2D eigenvalue weighted by molar-refractivity contribution is 6.17. The van der Waals surface area contributed by atoms with E-state index < -0.39 is 18.4 Å². The van der Waals surface area contributed by atoms with Gasteiger partial charge in [0.05, 0.1) is 19.8 Å². The van der Waals surface area contributed by atoms with Gasteiger partial charge in [0.2, 0.25) is 0 Å².